The summed E-state index contributed by atoms with van der Waals surface area (Å²) in [5, 5.41) is 4.83. The van der Waals surface area contributed by atoms with Gasteiger partial charge in [-0.2, -0.15) is 0 Å². The average molecular weight is 491 g/mol. The first-order valence-corrected chi connectivity index (χ1v) is 11.5. The number of methoxy groups -OCH3 is 2. The number of fused-ring (bicyclic) bond motifs is 1. The number of benzene rings is 1. The average Bonchev–Trinajstić information content (AvgIpc) is 3.24. The number of amides is 1. The van der Waals surface area contributed by atoms with Crippen molar-refractivity contribution < 1.29 is 19.1 Å². The number of carbonyl (C=O) groups excluding carboxylic acids is 2. The van der Waals surface area contributed by atoms with Crippen LogP contribution in [0.4, 0.5) is 0 Å². The molecule has 1 N–H and O–H groups in total. The highest BCUT2D eigenvalue weighted by Gasteiger charge is 2.25. The van der Waals surface area contributed by atoms with Crippen molar-refractivity contribution in [1.82, 2.24) is 10.3 Å². The maximum atomic E-state index is 13.0. The predicted octanol–water partition coefficient (Wildman–Crippen LogP) is 5.06. The summed E-state index contributed by atoms with van der Waals surface area (Å²) in [4.78, 5) is 29.4. The number of halogens is 1. The predicted molar refractivity (Wildman–Crippen MR) is 124 cm³/mol. The molecule has 1 saturated carbocycles. The second-order valence-electron chi connectivity index (χ2n) is 9.08. The molecule has 3 rings (SSSR count). The lowest BCUT2D eigenvalue weighted by Crippen LogP contribution is -2.36. The first kappa shape index (κ1) is 23.5. The third kappa shape index (κ3) is 5.76. The Morgan fingerprint density at radius 1 is 1.23 bits per heavy atom. The van der Waals surface area contributed by atoms with E-state index in [9.17, 15) is 9.59 Å². The van der Waals surface area contributed by atoms with Crippen LogP contribution >= 0.6 is 15.9 Å². The minimum atomic E-state index is -0.424. The van der Waals surface area contributed by atoms with Gasteiger partial charge in [0.2, 0.25) is 0 Å². The second-order valence-corrected chi connectivity index (χ2v) is 9.94. The minimum absolute atomic E-state index is 0.225. The van der Waals surface area contributed by atoms with Crippen molar-refractivity contribution in [3.05, 3.63) is 34.1 Å². The Morgan fingerprint density at radius 2 is 1.94 bits per heavy atom. The maximum absolute atomic E-state index is 13.0. The lowest BCUT2D eigenvalue weighted by atomic mass is 9.89. The molecular weight excluding hydrogens is 460 g/mol. The van der Waals surface area contributed by atoms with Crippen LogP contribution in [0.1, 0.15) is 62.1 Å². The number of esters is 1. The molecular formula is C24H31BrN2O4. The van der Waals surface area contributed by atoms with E-state index in [-0.39, 0.29) is 18.3 Å². The third-order valence-electron chi connectivity index (χ3n) is 5.97. The monoisotopic (exact) mass is 490 g/mol. The largest absolute Gasteiger partial charge is 0.496 e. The molecule has 1 heterocycles. The fourth-order valence-electron chi connectivity index (χ4n) is 4.25. The summed E-state index contributed by atoms with van der Waals surface area (Å²) < 4.78 is 11.3. The standard InChI is InChI=1S/C24H31BrN2O4/c1-24(2,13-21(28)31-4)14-26-23(29)19-12-16-20(30-3)10-9-17(25)22(16)18(27-19)11-15-7-5-6-8-15/h9-10,12,15H,5-8,11,13-14H2,1-4H3,(H,26,29). The Balaban J connectivity index is 1.92. The van der Waals surface area contributed by atoms with Crippen molar-refractivity contribution >= 4 is 38.6 Å². The van der Waals surface area contributed by atoms with Crippen LogP contribution in [-0.2, 0) is 16.0 Å². The van der Waals surface area contributed by atoms with Gasteiger partial charge in [-0.05, 0) is 36.0 Å². The molecule has 0 unspecified atom stereocenters. The van der Waals surface area contributed by atoms with Crippen LogP contribution in [-0.4, -0.2) is 37.6 Å². The molecule has 1 aliphatic carbocycles. The van der Waals surface area contributed by atoms with Crippen LogP contribution in [0.5, 0.6) is 5.75 Å². The number of aromatic nitrogens is 1. The van der Waals surface area contributed by atoms with E-state index < -0.39 is 5.41 Å². The van der Waals surface area contributed by atoms with E-state index in [0.717, 1.165) is 27.4 Å². The maximum Gasteiger partial charge on any atom is 0.306 e. The van der Waals surface area contributed by atoms with Crippen molar-refractivity contribution in [1.29, 1.82) is 0 Å². The molecule has 0 radical (unpaired) electrons. The molecule has 1 aromatic carbocycles. The molecule has 1 amide bonds. The minimum Gasteiger partial charge on any atom is -0.496 e. The Bertz CT molecular complexity index is 968. The molecule has 0 bridgehead atoms. The number of carbonyl (C=O) groups is 2. The number of pyridine rings is 1. The van der Waals surface area contributed by atoms with Gasteiger partial charge >= 0.3 is 5.97 Å². The Morgan fingerprint density at radius 3 is 2.58 bits per heavy atom. The Hall–Kier alpha value is -2.15. The normalized spacial score (nSPS) is 14.6. The van der Waals surface area contributed by atoms with E-state index in [1.165, 1.54) is 32.8 Å². The zero-order valence-corrected chi connectivity index (χ0v) is 20.3. The number of hydrogen-bond acceptors (Lipinski definition) is 5. The summed E-state index contributed by atoms with van der Waals surface area (Å²) in [6, 6.07) is 5.66. The van der Waals surface area contributed by atoms with Crippen LogP contribution in [0.15, 0.2) is 22.7 Å². The van der Waals surface area contributed by atoms with E-state index in [2.05, 4.69) is 21.2 Å². The van der Waals surface area contributed by atoms with Gasteiger partial charge in [0, 0.05) is 21.8 Å². The fourth-order valence-corrected chi connectivity index (χ4v) is 4.82. The number of rotatable bonds is 8. The van der Waals surface area contributed by atoms with E-state index in [1.807, 2.05) is 26.0 Å². The van der Waals surface area contributed by atoms with Crippen LogP contribution in [0.3, 0.4) is 0 Å². The second kappa shape index (κ2) is 9.98. The highest BCUT2D eigenvalue weighted by atomic mass is 79.9. The van der Waals surface area contributed by atoms with E-state index in [1.54, 1.807) is 13.2 Å². The molecule has 1 fully saturated rings. The highest BCUT2D eigenvalue weighted by Crippen LogP contribution is 2.37. The number of ether oxygens (including phenoxy) is 2. The molecule has 0 saturated heterocycles. The third-order valence-corrected chi connectivity index (χ3v) is 6.63. The van der Waals surface area contributed by atoms with Gasteiger partial charge < -0.3 is 14.8 Å². The lowest BCUT2D eigenvalue weighted by molar-refractivity contribution is -0.142. The van der Waals surface area contributed by atoms with Gasteiger partial charge in [-0.1, -0.05) is 55.5 Å². The highest BCUT2D eigenvalue weighted by molar-refractivity contribution is 9.10. The summed E-state index contributed by atoms with van der Waals surface area (Å²) in [7, 11) is 3.00. The van der Waals surface area contributed by atoms with Gasteiger partial charge in [-0.15, -0.1) is 0 Å². The Kier molecular flexibility index (Phi) is 7.57. The fraction of sp³-hybridized carbons (Fsp3) is 0.542. The van der Waals surface area contributed by atoms with Crippen LogP contribution in [0, 0.1) is 11.3 Å². The van der Waals surface area contributed by atoms with Gasteiger partial charge in [-0.25, -0.2) is 4.98 Å². The van der Waals surface area contributed by atoms with Crippen LogP contribution in [0.25, 0.3) is 10.8 Å². The molecule has 31 heavy (non-hydrogen) atoms. The quantitative estimate of drug-likeness (QED) is 0.523. The topological polar surface area (TPSA) is 77.5 Å². The van der Waals surface area contributed by atoms with Crippen LogP contribution < -0.4 is 10.1 Å². The van der Waals surface area contributed by atoms with Crippen molar-refractivity contribution in [2.45, 2.75) is 52.4 Å². The molecule has 1 aliphatic rings. The van der Waals surface area contributed by atoms with Gasteiger partial charge in [0.15, 0.2) is 0 Å². The molecule has 6 nitrogen and oxygen atoms in total. The van der Waals surface area contributed by atoms with Gasteiger partial charge in [0.25, 0.3) is 5.91 Å². The van der Waals surface area contributed by atoms with E-state index in [4.69, 9.17) is 14.5 Å². The molecule has 1 aromatic heterocycles. The molecule has 0 spiro atoms. The summed E-state index contributed by atoms with van der Waals surface area (Å²) in [5.41, 5.74) is 0.868. The van der Waals surface area contributed by atoms with Gasteiger partial charge in [0.05, 0.1) is 26.3 Å². The molecule has 2 aromatic rings. The number of hydrogen-bond donors (Lipinski definition) is 1. The van der Waals surface area contributed by atoms with Crippen LogP contribution in [0.2, 0.25) is 0 Å². The smallest absolute Gasteiger partial charge is 0.306 e. The molecule has 7 heteroatoms. The Labute approximate surface area is 192 Å². The van der Waals surface area contributed by atoms with E-state index in [0.29, 0.717) is 23.9 Å². The van der Waals surface area contributed by atoms with Gasteiger partial charge in [-0.3, -0.25) is 9.59 Å². The SMILES string of the molecule is COC(=O)CC(C)(C)CNC(=O)c1cc2c(OC)ccc(Br)c2c(CC2CCCC2)n1. The lowest BCUT2D eigenvalue weighted by Gasteiger charge is -2.23. The van der Waals surface area contributed by atoms with Crippen molar-refractivity contribution in [3.8, 4) is 5.75 Å². The summed E-state index contributed by atoms with van der Waals surface area (Å²) in [6.07, 6.45) is 5.97. The zero-order valence-electron chi connectivity index (χ0n) is 18.7. The zero-order chi connectivity index (χ0) is 22.6. The van der Waals surface area contributed by atoms with Crippen molar-refractivity contribution in [3.63, 3.8) is 0 Å². The first-order valence-electron chi connectivity index (χ1n) is 10.7. The summed E-state index contributed by atoms with van der Waals surface area (Å²) >= 11 is 3.67. The van der Waals surface area contributed by atoms with E-state index >= 15 is 0 Å². The summed E-state index contributed by atoms with van der Waals surface area (Å²) in [6.45, 7) is 4.18. The molecule has 0 atom stereocenters. The molecule has 168 valence electrons. The first-order chi connectivity index (χ1) is 14.7. The molecule has 0 aliphatic heterocycles. The van der Waals surface area contributed by atoms with Crippen molar-refractivity contribution in [2.24, 2.45) is 11.3 Å². The van der Waals surface area contributed by atoms with Crippen molar-refractivity contribution in [2.75, 3.05) is 20.8 Å². The number of nitrogens with zero attached hydrogens (tertiary/aromatic N) is 1. The van der Waals surface area contributed by atoms with Gasteiger partial charge in [0.1, 0.15) is 11.4 Å². The summed E-state index contributed by atoms with van der Waals surface area (Å²) in [5.74, 6) is 0.755. The number of nitrogens with one attached hydrogen (secondary N) is 1.